The quantitative estimate of drug-likeness (QED) is 0.481. The van der Waals surface area contributed by atoms with Crippen LogP contribution in [0.2, 0.25) is 0 Å². The van der Waals surface area contributed by atoms with Gasteiger partial charge in [-0.25, -0.2) is 0 Å². The molecule has 1 unspecified atom stereocenters. The molecule has 1 radical (unpaired) electrons. The zero-order valence-electron chi connectivity index (χ0n) is 3.57. The van der Waals surface area contributed by atoms with E-state index in [-0.39, 0.29) is 5.38 Å². The SMILES string of the molecule is CC(Cl)C[C]=O. The number of alkyl halides is 1. The summed E-state index contributed by atoms with van der Waals surface area (Å²) in [6.07, 6.45) is 2.02. The Kier molecular flexibility index (Phi) is 3.14. The van der Waals surface area contributed by atoms with Gasteiger partial charge in [0.05, 0.1) is 0 Å². The van der Waals surface area contributed by atoms with Crippen molar-refractivity contribution >= 4 is 17.9 Å². The molecule has 0 N–H and O–H groups in total. The smallest absolute Gasteiger partial charge is 0.199 e. The summed E-state index contributed by atoms with van der Waals surface area (Å²) in [7, 11) is 0. The minimum absolute atomic E-state index is 0.0532. The van der Waals surface area contributed by atoms with Gasteiger partial charge >= 0.3 is 0 Å². The zero-order chi connectivity index (χ0) is 4.99. The summed E-state index contributed by atoms with van der Waals surface area (Å²) in [5.74, 6) is 0. The maximum atomic E-state index is 9.41. The van der Waals surface area contributed by atoms with Crippen LogP contribution >= 0.6 is 11.6 Å². The van der Waals surface area contributed by atoms with Crippen molar-refractivity contribution in [1.29, 1.82) is 0 Å². The molecule has 1 nitrogen and oxygen atoms in total. The van der Waals surface area contributed by atoms with Gasteiger partial charge in [-0.15, -0.1) is 11.6 Å². The summed E-state index contributed by atoms with van der Waals surface area (Å²) in [5, 5.41) is -0.0532. The lowest BCUT2D eigenvalue weighted by Crippen LogP contribution is -1.88. The maximum absolute atomic E-state index is 9.41. The molecule has 0 saturated carbocycles. The molecule has 0 spiro atoms. The molecule has 0 aromatic rings. The van der Waals surface area contributed by atoms with Gasteiger partial charge in [0.25, 0.3) is 0 Å². The van der Waals surface area contributed by atoms with Gasteiger partial charge in [-0.3, -0.25) is 4.79 Å². The van der Waals surface area contributed by atoms with Crippen molar-refractivity contribution in [3.05, 3.63) is 0 Å². The van der Waals surface area contributed by atoms with Crippen molar-refractivity contribution in [2.24, 2.45) is 0 Å². The Hall–Kier alpha value is -0.0400. The molecule has 0 amide bonds. The van der Waals surface area contributed by atoms with Crippen molar-refractivity contribution in [3.8, 4) is 0 Å². The molecule has 0 fully saturated rings. The minimum Gasteiger partial charge on any atom is -0.291 e. The highest BCUT2D eigenvalue weighted by atomic mass is 35.5. The fraction of sp³-hybridized carbons (Fsp3) is 0.750. The summed E-state index contributed by atoms with van der Waals surface area (Å²) in [6, 6.07) is 0. The molecule has 1 atom stereocenters. The highest BCUT2D eigenvalue weighted by molar-refractivity contribution is 6.21. The molecule has 35 valence electrons. The average Bonchev–Trinajstić information content (AvgIpc) is 1.35. The molecule has 0 aliphatic carbocycles. The summed E-state index contributed by atoms with van der Waals surface area (Å²) in [6.45, 7) is 1.76. The Morgan fingerprint density at radius 3 is 2.50 bits per heavy atom. The summed E-state index contributed by atoms with van der Waals surface area (Å²) >= 11 is 5.32. The predicted octanol–water partition coefficient (Wildman–Crippen LogP) is 1.11. The maximum Gasteiger partial charge on any atom is 0.199 e. The van der Waals surface area contributed by atoms with E-state index in [1.54, 1.807) is 13.2 Å². The Labute approximate surface area is 42.3 Å². The third kappa shape index (κ3) is 3.96. The third-order valence-corrected chi connectivity index (χ3v) is 0.519. The van der Waals surface area contributed by atoms with Gasteiger partial charge in [0.15, 0.2) is 6.29 Å². The van der Waals surface area contributed by atoms with E-state index < -0.39 is 0 Å². The Morgan fingerprint density at radius 1 is 2.00 bits per heavy atom. The highest BCUT2D eigenvalue weighted by Crippen LogP contribution is 1.94. The van der Waals surface area contributed by atoms with E-state index in [2.05, 4.69) is 0 Å². The van der Waals surface area contributed by atoms with Crippen molar-refractivity contribution < 1.29 is 4.79 Å². The number of rotatable bonds is 2. The first-order valence-electron chi connectivity index (χ1n) is 1.76. The molecule has 6 heavy (non-hydrogen) atoms. The van der Waals surface area contributed by atoms with E-state index in [0.717, 1.165) is 0 Å². The van der Waals surface area contributed by atoms with Gasteiger partial charge in [0, 0.05) is 11.8 Å². The lowest BCUT2D eigenvalue weighted by Gasteiger charge is -1.85. The molecular formula is C4H6ClO. The zero-order valence-corrected chi connectivity index (χ0v) is 4.33. The molecule has 0 saturated heterocycles. The van der Waals surface area contributed by atoms with Crippen molar-refractivity contribution in [2.75, 3.05) is 0 Å². The summed E-state index contributed by atoms with van der Waals surface area (Å²) < 4.78 is 0. The second kappa shape index (κ2) is 3.16. The van der Waals surface area contributed by atoms with Crippen LogP contribution < -0.4 is 0 Å². The van der Waals surface area contributed by atoms with Crippen LogP contribution in [0, 0.1) is 0 Å². The van der Waals surface area contributed by atoms with Crippen LogP contribution in [0.1, 0.15) is 13.3 Å². The first-order chi connectivity index (χ1) is 2.77. The average molecular weight is 106 g/mol. The topological polar surface area (TPSA) is 17.1 Å². The van der Waals surface area contributed by atoms with E-state index >= 15 is 0 Å². The van der Waals surface area contributed by atoms with Crippen molar-refractivity contribution in [2.45, 2.75) is 18.7 Å². The first-order valence-corrected chi connectivity index (χ1v) is 2.20. The Bertz CT molecular complexity index is 42.8. The minimum atomic E-state index is -0.0532. The Balaban J connectivity index is 2.81. The van der Waals surface area contributed by atoms with Crippen molar-refractivity contribution in [1.82, 2.24) is 0 Å². The standard InChI is InChI=1S/C4H6ClO/c1-4(5)2-3-6/h4H,2H2,1H3. The van der Waals surface area contributed by atoms with E-state index in [0.29, 0.717) is 6.42 Å². The lowest BCUT2D eigenvalue weighted by molar-refractivity contribution is 0.551. The van der Waals surface area contributed by atoms with Crippen LogP contribution in [0.15, 0.2) is 0 Å². The second-order valence-corrected chi connectivity index (χ2v) is 1.87. The fourth-order valence-electron chi connectivity index (χ4n) is 0.115. The van der Waals surface area contributed by atoms with Gasteiger partial charge in [-0.1, -0.05) is 0 Å². The van der Waals surface area contributed by atoms with E-state index in [1.165, 1.54) is 0 Å². The van der Waals surface area contributed by atoms with E-state index in [4.69, 9.17) is 11.6 Å². The van der Waals surface area contributed by atoms with Crippen LogP contribution in [0.25, 0.3) is 0 Å². The van der Waals surface area contributed by atoms with Gasteiger partial charge in [0.1, 0.15) is 0 Å². The molecule has 0 aliphatic heterocycles. The third-order valence-electron chi connectivity index (χ3n) is 0.365. The number of halogens is 1. The number of carbonyl (C=O) groups excluding carboxylic acids is 1. The summed E-state index contributed by atoms with van der Waals surface area (Å²) in [5.41, 5.74) is 0. The van der Waals surface area contributed by atoms with Crippen LogP contribution in [-0.4, -0.2) is 11.7 Å². The van der Waals surface area contributed by atoms with Crippen LogP contribution in [-0.2, 0) is 4.79 Å². The molecule has 0 aliphatic rings. The van der Waals surface area contributed by atoms with Gasteiger partial charge in [-0.2, -0.15) is 0 Å². The highest BCUT2D eigenvalue weighted by Gasteiger charge is 1.90. The molecule has 0 rings (SSSR count). The fourth-order valence-corrected chi connectivity index (χ4v) is 0.178. The second-order valence-electron chi connectivity index (χ2n) is 1.13. The van der Waals surface area contributed by atoms with Gasteiger partial charge < -0.3 is 0 Å². The molecule has 2 heteroatoms. The molecular weight excluding hydrogens is 99.5 g/mol. The molecule has 0 bridgehead atoms. The molecule has 0 heterocycles. The van der Waals surface area contributed by atoms with E-state index in [9.17, 15) is 4.79 Å². The summed E-state index contributed by atoms with van der Waals surface area (Å²) in [4.78, 5) is 9.41. The van der Waals surface area contributed by atoms with Gasteiger partial charge in [-0.05, 0) is 6.92 Å². The predicted molar refractivity (Wildman–Crippen MR) is 25.6 cm³/mol. The molecule has 0 aromatic heterocycles. The van der Waals surface area contributed by atoms with Crippen molar-refractivity contribution in [3.63, 3.8) is 0 Å². The monoisotopic (exact) mass is 105 g/mol. The molecule has 0 aromatic carbocycles. The normalized spacial score (nSPS) is 13.7. The largest absolute Gasteiger partial charge is 0.291 e. The Morgan fingerprint density at radius 2 is 2.50 bits per heavy atom. The van der Waals surface area contributed by atoms with Gasteiger partial charge in [0.2, 0.25) is 0 Å². The van der Waals surface area contributed by atoms with Crippen LogP contribution in [0.5, 0.6) is 0 Å². The lowest BCUT2D eigenvalue weighted by atomic mass is 10.4. The first kappa shape index (κ1) is 5.96. The number of hydrogen-bond acceptors (Lipinski definition) is 1. The number of hydrogen-bond donors (Lipinski definition) is 0. The van der Waals surface area contributed by atoms with Crippen LogP contribution in [0.3, 0.4) is 0 Å². The van der Waals surface area contributed by atoms with E-state index in [1.807, 2.05) is 0 Å². The van der Waals surface area contributed by atoms with Crippen LogP contribution in [0.4, 0.5) is 0 Å².